The van der Waals surface area contributed by atoms with Crippen LogP contribution in [0.25, 0.3) is 0 Å². The van der Waals surface area contributed by atoms with E-state index >= 15 is 0 Å². The zero-order valence-electron chi connectivity index (χ0n) is 5.68. The van der Waals surface area contributed by atoms with Crippen LogP contribution in [0.3, 0.4) is 0 Å². The van der Waals surface area contributed by atoms with E-state index < -0.39 is 0 Å². The molecule has 1 fully saturated rings. The summed E-state index contributed by atoms with van der Waals surface area (Å²) in [6.07, 6.45) is 4.28. The Balaban J connectivity index is 2.22. The van der Waals surface area contributed by atoms with Crippen LogP contribution in [0.5, 0.6) is 0 Å². The fourth-order valence-corrected chi connectivity index (χ4v) is 2.58. The third kappa shape index (κ3) is 1.41. The van der Waals surface area contributed by atoms with Crippen molar-refractivity contribution in [3.05, 3.63) is 0 Å². The Morgan fingerprint density at radius 2 is 2.25 bits per heavy atom. The summed E-state index contributed by atoms with van der Waals surface area (Å²) < 4.78 is 0. The summed E-state index contributed by atoms with van der Waals surface area (Å²) in [5.41, 5.74) is 0. The normalized spacial score (nSPS) is 38.2. The SMILES string of the molecule is CC[C@H]1CC[C@@H](C)S1. The van der Waals surface area contributed by atoms with E-state index in [4.69, 9.17) is 0 Å². The largest absolute Gasteiger partial charge is 0.155 e. The number of hydrogen-bond acceptors (Lipinski definition) is 1. The number of thioether (sulfide) groups is 1. The molecule has 0 aliphatic carbocycles. The predicted octanol–water partition coefficient (Wildman–Crippen LogP) is 2.68. The van der Waals surface area contributed by atoms with Crippen LogP contribution in [-0.2, 0) is 0 Å². The van der Waals surface area contributed by atoms with Crippen LogP contribution in [0.15, 0.2) is 0 Å². The quantitative estimate of drug-likeness (QED) is 0.526. The minimum atomic E-state index is 0.944. The average molecular weight is 130 g/mol. The minimum Gasteiger partial charge on any atom is -0.155 e. The Bertz CT molecular complexity index is 70.8. The average Bonchev–Trinajstić information content (AvgIpc) is 2.14. The molecule has 0 spiro atoms. The Kier molecular flexibility index (Phi) is 2.24. The van der Waals surface area contributed by atoms with Crippen molar-refractivity contribution in [1.82, 2.24) is 0 Å². The first-order valence-corrected chi connectivity index (χ1v) is 4.42. The van der Waals surface area contributed by atoms with Gasteiger partial charge in [-0.25, -0.2) is 0 Å². The summed E-state index contributed by atoms with van der Waals surface area (Å²) in [6, 6.07) is 0. The Labute approximate surface area is 56.0 Å². The standard InChI is InChI=1S/C7H14S/c1-3-7-5-4-6(2)8-7/h6-7H,3-5H2,1-2H3/t6-,7+/m1/s1. The van der Waals surface area contributed by atoms with E-state index in [2.05, 4.69) is 25.6 Å². The van der Waals surface area contributed by atoms with Gasteiger partial charge in [0, 0.05) is 10.5 Å². The van der Waals surface area contributed by atoms with Crippen LogP contribution in [0, 0.1) is 0 Å². The van der Waals surface area contributed by atoms with Gasteiger partial charge in [-0.3, -0.25) is 0 Å². The van der Waals surface area contributed by atoms with Crippen molar-refractivity contribution in [2.45, 2.75) is 43.6 Å². The van der Waals surface area contributed by atoms with Crippen molar-refractivity contribution < 1.29 is 0 Å². The van der Waals surface area contributed by atoms with Crippen molar-refractivity contribution in [2.24, 2.45) is 0 Å². The third-order valence-corrected chi connectivity index (χ3v) is 3.43. The van der Waals surface area contributed by atoms with Crippen LogP contribution in [0.4, 0.5) is 0 Å². The maximum Gasteiger partial charge on any atom is 0.00475 e. The molecule has 0 aromatic heterocycles. The summed E-state index contributed by atoms with van der Waals surface area (Å²) in [4.78, 5) is 0. The molecule has 0 aromatic rings. The zero-order valence-corrected chi connectivity index (χ0v) is 6.50. The second-order valence-corrected chi connectivity index (χ2v) is 4.30. The van der Waals surface area contributed by atoms with E-state index in [1.807, 2.05) is 0 Å². The molecule has 1 rings (SSSR count). The summed E-state index contributed by atoms with van der Waals surface area (Å²) in [5, 5.41) is 1.94. The lowest BCUT2D eigenvalue weighted by molar-refractivity contribution is 0.727. The first-order chi connectivity index (χ1) is 3.83. The molecule has 1 heterocycles. The maximum atomic E-state index is 2.33. The molecule has 2 atom stereocenters. The van der Waals surface area contributed by atoms with E-state index in [1.165, 1.54) is 19.3 Å². The van der Waals surface area contributed by atoms with Gasteiger partial charge in [-0.05, 0) is 19.3 Å². The highest BCUT2D eigenvalue weighted by Gasteiger charge is 2.19. The van der Waals surface area contributed by atoms with Gasteiger partial charge < -0.3 is 0 Å². The Morgan fingerprint density at radius 3 is 2.50 bits per heavy atom. The fourth-order valence-electron chi connectivity index (χ4n) is 1.19. The molecule has 1 aliphatic rings. The smallest absolute Gasteiger partial charge is 0.00475 e. The van der Waals surface area contributed by atoms with Gasteiger partial charge in [0.1, 0.15) is 0 Å². The second-order valence-electron chi connectivity index (χ2n) is 2.55. The second kappa shape index (κ2) is 2.77. The van der Waals surface area contributed by atoms with Crippen LogP contribution < -0.4 is 0 Å². The van der Waals surface area contributed by atoms with Crippen LogP contribution in [-0.4, -0.2) is 10.5 Å². The summed E-state index contributed by atoms with van der Waals surface area (Å²) >= 11 is 2.17. The summed E-state index contributed by atoms with van der Waals surface area (Å²) in [7, 11) is 0. The molecule has 48 valence electrons. The lowest BCUT2D eigenvalue weighted by atomic mass is 10.2. The van der Waals surface area contributed by atoms with E-state index in [-0.39, 0.29) is 0 Å². The molecule has 0 amide bonds. The molecule has 1 heteroatoms. The first-order valence-electron chi connectivity index (χ1n) is 3.48. The molecule has 8 heavy (non-hydrogen) atoms. The lowest BCUT2D eigenvalue weighted by Gasteiger charge is -2.02. The zero-order chi connectivity index (χ0) is 5.98. The van der Waals surface area contributed by atoms with Crippen molar-refractivity contribution in [3.63, 3.8) is 0 Å². The Hall–Kier alpha value is 0.350. The minimum absolute atomic E-state index is 0.944. The monoisotopic (exact) mass is 130 g/mol. The molecule has 0 nitrogen and oxygen atoms in total. The van der Waals surface area contributed by atoms with Crippen molar-refractivity contribution in [2.75, 3.05) is 0 Å². The van der Waals surface area contributed by atoms with E-state index in [9.17, 15) is 0 Å². The maximum absolute atomic E-state index is 2.33. The molecular formula is C7H14S. The van der Waals surface area contributed by atoms with E-state index in [0.717, 1.165) is 10.5 Å². The van der Waals surface area contributed by atoms with Crippen LogP contribution in [0.2, 0.25) is 0 Å². The van der Waals surface area contributed by atoms with Crippen molar-refractivity contribution in [1.29, 1.82) is 0 Å². The molecule has 1 aliphatic heterocycles. The number of rotatable bonds is 1. The third-order valence-electron chi connectivity index (χ3n) is 1.78. The molecule has 0 aromatic carbocycles. The molecule has 0 radical (unpaired) electrons. The molecular weight excluding hydrogens is 116 g/mol. The van der Waals surface area contributed by atoms with Gasteiger partial charge in [0.2, 0.25) is 0 Å². The number of hydrogen-bond donors (Lipinski definition) is 0. The molecule has 0 N–H and O–H groups in total. The van der Waals surface area contributed by atoms with Crippen molar-refractivity contribution in [3.8, 4) is 0 Å². The van der Waals surface area contributed by atoms with Gasteiger partial charge >= 0.3 is 0 Å². The molecule has 0 unspecified atom stereocenters. The summed E-state index contributed by atoms with van der Waals surface area (Å²) in [5.74, 6) is 0. The lowest BCUT2D eigenvalue weighted by Crippen LogP contribution is -1.91. The highest BCUT2D eigenvalue weighted by Crippen LogP contribution is 2.34. The van der Waals surface area contributed by atoms with Gasteiger partial charge in [-0.2, -0.15) is 11.8 Å². The van der Waals surface area contributed by atoms with E-state index in [0.29, 0.717) is 0 Å². The van der Waals surface area contributed by atoms with Gasteiger partial charge in [0.15, 0.2) is 0 Å². The van der Waals surface area contributed by atoms with Gasteiger partial charge in [0.05, 0.1) is 0 Å². The van der Waals surface area contributed by atoms with Gasteiger partial charge in [-0.1, -0.05) is 13.8 Å². The van der Waals surface area contributed by atoms with Crippen LogP contribution >= 0.6 is 11.8 Å². The highest BCUT2D eigenvalue weighted by molar-refractivity contribution is 8.00. The Morgan fingerprint density at radius 1 is 1.50 bits per heavy atom. The van der Waals surface area contributed by atoms with Gasteiger partial charge in [-0.15, -0.1) is 0 Å². The molecule has 0 saturated carbocycles. The topological polar surface area (TPSA) is 0 Å². The first kappa shape index (κ1) is 6.47. The van der Waals surface area contributed by atoms with E-state index in [1.54, 1.807) is 0 Å². The molecule has 1 saturated heterocycles. The summed E-state index contributed by atoms with van der Waals surface area (Å²) in [6.45, 7) is 4.62. The molecule has 0 bridgehead atoms. The predicted molar refractivity (Wildman–Crippen MR) is 40.4 cm³/mol. The fraction of sp³-hybridized carbons (Fsp3) is 1.00. The van der Waals surface area contributed by atoms with Crippen molar-refractivity contribution >= 4 is 11.8 Å². The highest BCUT2D eigenvalue weighted by atomic mass is 32.2. The van der Waals surface area contributed by atoms with Gasteiger partial charge in [0.25, 0.3) is 0 Å². The van der Waals surface area contributed by atoms with Crippen LogP contribution in [0.1, 0.15) is 33.1 Å².